The number of fused-ring (bicyclic) bond motifs is 4. The average Bonchev–Trinajstić information content (AvgIpc) is 3.22. The molecule has 8 heteroatoms. The van der Waals surface area contributed by atoms with Crippen molar-refractivity contribution in [1.29, 1.82) is 0 Å². The van der Waals surface area contributed by atoms with E-state index in [1.165, 1.54) is 0 Å². The number of carbonyl (C=O) groups excluding carboxylic acids is 2. The van der Waals surface area contributed by atoms with Crippen molar-refractivity contribution in [1.82, 2.24) is 14.8 Å². The van der Waals surface area contributed by atoms with Gasteiger partial charge in [-0.2, -0.15) is 0 Å². The van der Waals surface area contributed by atoms with Crippen molar-refractivity contribution in [3.8, 4) is 11.5 Å². The molecule has 1 saturated heterocycles. The van der Waals surface area contributed by atoms with Crippen LogP contribution in [0.5, 0.6) is 11.5 Å². The van der Waals surface area contributed by atoms with Crippen molar-refractivity contribution in [3.63, 3.8) is 0 Å². The van der Waals surface area contributed by atoms with Crippen LogP contribution in [-0.4, -0.2) is 73.7 Å². The molecule has 2 aromatic carbocycles. The molecule has 3 heterocycles. The molecule has 1 fully saturated rings. The van der Waals surface area contributed by atoms with E-state index in [9.17, 15) is 9.59 Å². The molecule has 1 N–H and O–H groups in total. The number of benzene rings is 2. The van der Waals surface area contributed by atoms with Gasteiger partial charge in [0, 0.05) is 36.7 Å². The van der Waals surface area contributed by atoms with E-state index in [0.717, 1.165) is 27.7 Å². The monoisotopic (exact) mass is 449 g/mol. The van der Waals surface area contributed by atoms with Crippen LogP contribution in [-0.2, 0) is 20.7 Å². The Morgan fingerprint density at radius 1 is 1.03 bits per heavy atom. The number of ether oxygens (including phenoxy) is 3. The highest BCUT2D eigenvalue weighted by Crippen LogP contribution is 2.44. The second-order valence-corrected chi connectivity index (χ2v) is 8.35. The molecule has 0 aliphatic carbocycles. The summed E-state index contributed by atoms with van der Waals surface area (Å²) in [5.41, 5.74) is 3.85. The summed E-state index contributed by atoms with van der Waals surface area (Å²) in [6, 6.07) is 12.7. The summed E-state index contributed by atoms with van der Waals surface area (Å²) in [7, 11) is 4.77. The topological polar surface area (TPSA) is 84.1 Å². The minimum absolute atomic E-state index is 0.0397. The van der Waals surface area contributed by atoms with Crippen LogP contribution in [0.3, 0.4) is 0 Å². The van der Waals surface area contributed by atoms with Gasteiger partial charge in [-0.15, -0.1) is 0 Å². The molecule has 8 nitrogen and oxygen atoms in total. The van der Waals surface area contributed by atoms with Gasteiger partial charge in [0.1, 0.15) is 6.04 Å². The number of nitrogens with one attached hydrogen (secondary N) is 1. The Kier molecular flexibility index (Phi) is 5.46. The summed E-state index contributed by atoms with van der Waals surface area (Å²) in [5.74, 6) is 1.05. The number of aromatic amines is 1. The third-order valence-electron chi connectivity index (χ3n) is 6.63. The number of aromatic nitrogens is 1. The van der Waals surface area contributed by atoms with Crippen molar-refractivity contribution < 1.29 is 23.8 Å². The smallest absolute Gasteiger partial charge is 0.246 e. The molecule has 0 spiro atoms. The summed E-state index contributed by atoms with van der Waals surface area (Å²) < 4.78 is 16.1. The minimum atomic E-state index is -0.576. The normalized spacial score (nSPS) is 20.1. The van der Waals surface area contributed by atoms with Gasteiger partial charge in [-0.3, -0.25) is 9.59 Å². The molecule has 33 heavy (non-hydrogen) atoms. The highest BCUT2D eigenvalue weighted by atomic mass is 16.5. The molecule has 1 aromatic heterocycles. The predicted octanol–water partition coefficient (Wildman–Crippen LogP) is 2.52. The number of H-pyrrole nitrogens is 1. The Balaban J connectivity index is 1.67. The Bertz CT molecular complexity index is 1220. The summed E-state index contributed by atoms with van der Waals surface area (Å²) >= 11 is 0. The number of carbonyl (C=O) groups is 2. The molecule has 2 amide bonds. The van der Waals surface area contributed by atoms with Gasteiger partial charge < -0.3 is 29.0 Å². The third-order valence-corrected chi connectivity index (χ3v) is 6.63. The van der Waals surface area contributed by atoms with Crippen LogP contribution in [0.1, 0.15) is 22.9 Å². The zero-order chi connectivity index (χ0) is 23.1. The highest BCUT2D eigenvalue weighted by Gasteiger charge is 2.48. The number of methoxy groups -OCH3 is 3. The van der Waals surface area contributed by atoms with Gasteiger partial charge in [0.25, 0.3) is 0 Å². The van der Waals surface area contributed by atoms with E-state index in [4.69, 9.17) is 14.2 Å². The van der Waals surface area contributed by atoms with Gasteiger partial charge in [-0.05, 0) is 29.3 Å². The van der Waals surface area contributed by atoms with E-state index in [0.29, 0.717) is 31.1 Å². The molecule has 2 aliphatic heterocycles. The fraction of sp³-hybridized carbons (Fsp3) is 0.360. The summed E-state index contributed by atoms with van der Waals surface area (Å²) in [5, 5.41) is 1.08. The Labute approximate surface area is 192 Å². The van der Waals surface area contributed by atoms with Crippen LogP contribution in [0.2, 0.25) is 0 Å². The highest BCUT2D eigenvalue weighted by molar-refractivity contribution is 5.97. The first kappa shape index (κ1) is 21.3. The first-order valence-electron chi connectivity index (χ1n) is 11.0. The number of hydrogen-bond donors (Lipinski definition) is 1. The molecule has 2 unspecified atom stereocenters. The number of piperazine rings is 1. The fourth-order valence-electron chi connectivity index (χ4n) is 5.08. The van der Waals surface area contributed by atoms with Crippen molar-refractivity contribution >= 4 is 22.7 Å². The standard InChI is InChI=1S/C25H27N3O5/c1-31-11-10-27-14-22(29)28-19(25(27)30)13-17-16-6-4-5-7-18(16)26-23(17)24(28)15-8-9-20(32-2)21(12-15)33-3/h4-9,12,19,24,26H,10-11,13-14H2,1-3H3. The maximum atomic E-state index is 13.5. The summed E-state index contributed by atoms with van der Waals surface area (Å²) in [4.78, 5) is 33.8. The molecule has 3 aromatic rings. The van der Waals surface area contributed by atoms with Gasteiger partial charge in [-0.1, -0.05) is 24.3 Å². The van der Waals surface area contributed by atoms with Crippen molar-refractivity contribution in [3.05, 3.63) is 59.3 Å². The third kappa shape index (κ3) is 3.41. The van der Waals surface area contributed by atoms with Gasteiger partial charge in [0.2, 0.25) is 11.8 Å². The van der Waals surface area contributed by atoms with E-state index in [1.54, 1.807) is 31.1 Å². The lowest BCUT2D eigenvalue weighted by molar-refractivity contribution is -0.159. The van der Waals surface area contributed by atoms with Crippen LogP contribution < -0.4 is 9.47 Å². The zero-order valence-electron chi connectivity index (χ0n) is 19.0. The lowest BCUT2D eigenvalue weighted by Gasteiger charge is -2.47. The molecule has 172 valence electrons. The van der Waals surface area contributed by atoms with Gasteiger partial charge in [0.05, 0.1) is 33.4 Å². The van der Waals surface area contributed by atoms with E-state index >= 15 is 0 Å². The molecule has 0 saturated carbocycles. The second kappa shape index (κ2) is 8.44. The van der Waals surface area contributed by atoms with E-state index < -0.39 is 12.1 Å². The quantitative estimate of drug-likeness (QED) is 0.625. The first-order chi connectivity index (χ1) is 16.1. The van der Waals surface area contributed by atoms with Crippen molar-refractivity contribution in [2.24, 2.45) is 0 Å². The predicted molar refractivity (Wildman–Crippen MR) is 122 cm³/mol. The lowest BCUT2D eigenvalue weighted by Crippen LogP contribution is -2.63. The first-order valence-corrected chi connectivity index (χ1v) is 11.0. The number of amides is 2. The Morgan fingerprint density at radius 2 is 1.82 bits per heavy atom. The molecular weight excluding hydrogens is 422 g/mol. The molecule has 2 aliphatic rings. The Morgan fingerprint density at radius 3 is 2.58 bits per heavy atom. The van der Waals surface area contributed by atoms with E-state index in [-0.39, 0.29) is 18.4 Å². The second-order valence-electron chi connectivity index (χ2n) is 8.35. The molecule has 5 rings (SSSR count). The maximum absolute atomic E-state index is 13.5. The largest absolute Gasteiger partial charge is 0.493 e. The van der Waals surface area contributed by atoms with Crippen LogP contribution >= 0.6 is 0 Å². The Hall–Kier alpha value is -3.52. The van der Waals surface area contributed by atoms with Crippen LogP contribution in [0.25, 0.3) is 10.9 Å². The molecular formula is C25H27N3O5. The van der Waals surface area contributed by atoms with E-state index in [1.807, 2.05) is 36.4 Å². The maximum Gasteiger partial charge on any atom is 0.246 e. The molecule has 0 bridgehead atoms. The number of hydrogen-bond acceptors (Lipinski definition) is 5. The summed E-state index contributed by atoms with van der Waals surface area (Å²) in [6.07, 6.45) is 0.469. The average molecular weight is 450 g/mol. The van der Waals surface area contributed by atoms with Gasteiger partial charge >= 0.3 is 0 Å². The fourth-order valence-corrected chi connectivity index (χ4v) is 5.08. The zero-order valence-corrected chi connectivity index (χ0v) is 19.0. The van der Waals surface area contributed by atoms with E-state index in [2.05, 4.69) is 11.1 Å². The van der Waals surface area contributed by atoms with Gasteiger partial charge in [0.15, 0.2) is 11.5 Å². The number of para-hydroxylation sites is 1. The summed E-state index contributed by atoms with van der Waals surface area (Å²) in [6.45, 7) is 0.828. The van der Waals surface area contributed by atoms with Gasteiger partial charge in [-0.25, -0.2) is 0 Å². The molecule has 0 radical (unpaired) electrons. The lowest BCUT2D eigenvalue weighted by atomic mass is 9.86. The van der Waals surface area contributed by atoms with Crippen LogP contribution in [0, 0.1) is 0 Å². The van der Waals surface area contributed by atoms with Crippen molar-refractivity contribution in [2.45, 2.75) is 18.5 Å². The van der Waals surface area contributed by atoms with Crippen LogP contribution in [0.4, 0.5) is 0 Å². The number of rotatable bonds is 6. The number of nitrogens with zero attached hydrogens (tertiary/aromatic N) is 2. The minimum Gasteiger partial charge on any atom is -0.493 e. The van der Waals surface area contributed by atoms with Crippen molar-refractivity contribution in [2.75, 3.05) is 41.0 Å². The van der Waals surface area contributed by atoms with Crippen LogP contribution in [0.15, 0.2) is 42.5 Å². The SMILES string of the molecule is COCCN1CC(=O)N2C(Cc3c([nH]c4ccccc34)C2c2ccc(OC)c(OC)c2)C1=O. The molecule has 2 atom stereocenters.